The van der Waals surface area contributed by atoms with Crippen molar-refractivity contribution in [3.63, 3.8) is 0 Å². The molecule has 1 heterocycles. The van der Waals surface area contributed by atoms with E-state index >= 15 is 0 Å². The molecule has 2 N–H and O–H groups in total. The van der Waals surface area contributed by atoms with Gasteiger partial charge in [0.05, 0.1) is 0 Å². The number of nitrogens with zero attached hydrogens (tertiary/aromatic N) is 1. The molecule has 1 fully saturated rings. The Labute approximate surface area is 99.0 Å². The first-order valence-corrected chi connectivity index (χ1v) is 5.52. The van der Waals surface area contributed by atoms with Gasteiger partial charge in [-0.15, -0.1) is 0 Å². The van der Waals surface area contributed by atoms with Gasteiger partial charge in [0.25, 0.3) is 5.91 Å². The molecule has 90 valence electrons. The minimum absolute atomic E-state index is 0.369. The fraction of sp³-hybridized carbons (Fsp3) is 0.333. The molecule has 0 bridgehead atoms. The van der Waals surface area contributed by atoms with Crippen molar-refractivity contribution < 1.29 is 14.7 Å². The number of imide groups is 1. The first kappa shape index (κ1) is 11.6. The fourth-order valence-corrected chi connectivity index (χ4v) is 1.82. The van der Waals surface area contributed by atoms with Crippen LogP contribution in [-0.4, -0.2) is 34.7 Å². The third-order valence-electron chi connectivity index (χ3n) is 2.73. The molecule has 1 aromatic carbocycles. The summed E-state index contributed by atoms with van der Waals surface area (Å²) in [4.78, 5) is 23.4. The molecule has 1 aliphatic rings. The molecule has 0 radical (unpaired) electrons. The predicted molar refractivity (Wildman–Crippen MR) is 61.0 cm³/mol. The number of rotatable bonds is 4. The zero-order chi connectivity index (χ0) is 12.3. The zero-order valence-electron chi connectivity index (χ0n) is 9.30. The van der Waals surface area contributed by atoms with E-state index < -0.39 is 18.2 Å². The zero-order valence-corrected chi connectivity index (χ0v) is 9.30. The van der Waals surface area contributed by atoms with E-state index in [2.05, 4.69) is 5.32 Å². The molecule has 0 aromatic heterocycles. The summed E-state index contributed by atoms with van der Waals surface area (Å²) in [6.45, 7) is 0.369. The van der Waals surface area contributed by atoms with Gasteiger partial charge in [0.1, 0.15) is 0 Å². The molecule has 2 rings (SSSR count). The van der Waals surface area contributed by atoms with Crippen molar-refractivity contribution in [3.8, 4) is 0 Å². The van der Waals surface area contributed by atoms with Crippen LogP contribution in [0.5, 0.6) is 0 Å². The molecule has 0 saturated carbocycles. The van der Waals surface area contributed by atoms with Crippen LogP contribution in [0.4, 0.5) is 4.79 Å². The van der Waals surface area contributed by atoms with Crippen LogP contribution in [-0.2, 0) is 11.2 Å². The van der Waals surface area contributed by atoms with Gasteiger partial charge in [0.15, 0.2) is 0 Å². The Balaban J connectivity index is 1.83. The second kappa shape index (κ2) is 4.97. The Bertz CT molecular complexity index is 419. The number of hydrogen-bond acceptors (Lipinski definition) is 3. The van der Waals surface area contributed by atoms with Crippen molar-refractivity contribution >= 4 is 11.9 Å². The molecule has 1 aliphatic heterocycles. The highest BCUT2D eigenvalue weighted by atomic mass is 16.3. The van der Waals surface area contributed by atoms with Crippen molar-refractivity contribution in [3.05, 3.63) is 35.9 Å². The minimum atomic E-state index is -1.33. The molecule has 5 heteroatoms. The topological polar surface area (TPSA) is 69.6 Å². The number of urea groups is 1. The monoisotopic (exact) mass is 234 g/mol. The minimum Gasteiger partial charge on any atom is -0.365 e. The van der Waals surface area contributed by atoms with Crippen molar-refractivity contribution in [1.82, 2.24) is 10.2 Å². The van der Waals surface area contributed by atoms with Crippen LogP contribution in [0.2, 0.25) is 0 Å². The number of amides is 3. The highest BCUT2D eigenvalue weighted by molar-refractivity contribution is 6.03. The van der Waals surface area contributed by atoms with Crippen molar-refractivity contribution in [2.45, 2.75) is 19.1 Å². The standard InChI is InChI=1S/C12H14N2O3/c15-10-11(16)14(12(17)13-10)8-4-7-9-5-2-1-3-6-9/h1-3,5-6,11,16H,4,7-8H2,(H,13,15,17). The number of carbonyl (C=O) groups excluding carboxylic acids is 2. The number of aliphatic hydroxyl groups excluding tert-OH is 1. The molecule has 17 heavy (non-hydrogen) atoms. The first-order chi connectivity index (χ1) is 8.18. The first-order valence-electron chi connectivity index (χ1n) is 5.52. The van der Waals surface area contributed by atoms with E-state index in [4.69, 9.17) is 0 Å². The lowest BCUT2D eigenvalue weighted by molar-refractivity contribution is -0.130. The van der Waals surface area contributed by atoms with E-state index in [1.807, 2.05) is 30.3 Å². The quantitative estimate of drug-likeness (QED) is 0.745. The Hall–Kier alpha value is -1.88. The van der Waals surface area contributed by atoms with Gasteiger partial charge in [-0.05, 0) is 18.4 Å². The van der Waals surface area contributed by atoms with Gasteiger partial charge in [-0.3, -0.25) is 15.0 Å². The van der Waals surface area contributed by atoms with Crippen LogP contribution < -0.4 is 5.32 Å². The van der Waals surface area contributed by atoms with Crippen LogP contribution in [0, 0.1) is 0 Å². The number of benzene rings is 1. The second-order valence-electron chi connectivity index (χ2n) is 3.95. The van der Waals surface area contributed by atoms with Crippen LogP contribution in [0.3, 0.4) is 0 Å². The molecule has 1 aromatic rings. The van der Waals surface area contributed by atoms with Gasteiger partial charge in [0, 0.05) is 6.54 Å². The highest BCUT2D eigenvalue weighted by Gasteiger charge is 2.36. The Kier molecular flexibility index (Phi) is 3.39. The maximum Gasteiger partial charge on any atom is 0.326 e. The third kappa shape index (κ3) is 2.62. The Morgan fingerprint density at radius 1 is 1.24 bits per heavy atom. The summed E-state index contributed by atoms with van der Waals surface area (Å²) in [5.74, 6) is -0.644. The van der Waals surface area contributed by atoms with E-state index in [1.165, 1.54) is 5.56 Å². The lowest BCUT2D eigenvalue weighted by Gasteiger charge is -2.16. The number of nitrogens with one attached hydrogen (secondary N) is 1. The second-order valence-corrected chi connectivity index (χ2v) is 3.95. The highest BCUT2D eigenvalue weighted by Crippen LogP contribution is 2.09. The molecular formula is C12H14N2O3. The molecular weight excluding hydrogens is 220 g/mol. The van der Waals surface area contributed by atoms with E-state index in [9.17, 15) is 14.7 Å². The molecule has 1 unspecified atom stereocenters. The smallest absolute Gasteiger partial charge is 0.326 e. The summed E-state index contributed by atoms with van der Waals surface area (Å²) in [5.41, 5.74) is 1.17. The molecule has 0 spiro atoms. The Morgan fingerprint density at radius 3 is 2.53 bits per heavy atom. The molecule has 0 aliphatic carbocycles. The summed E-state index contributed by atoms with van der Waals surface area (Å²) >= 11 is 0. The van der Waals surface area contributed by atoms with E-state index in [0.29, 0.717) is 13.0 Å². The molecule has 1 saturated heterocycles. The summed E-state index contributed by atoms with van der Waals surface area (Å²) < 4.78 is 0. The maximum atomic E-state index is 11.3. The largest absolute Gasteiger partial charge is 0.365 e. The van der Waals surface area contributed by atoms with E-state index in [0.717, 1.165) is 11.3 Å². The summed E-state index contributed by atoms with van der Waals surface area (Å²) in [6.07, 6.45) is 0.186. The van der Waals surface area contributed by atoms with Crippen molar-refractivity contribution in [2.24, 2.45) is 0 Å². The lowest BCUT2D eigenvalue weighted by Crippen LogP contribution is -2.35. The molecule has 1 atom stereocenters. The SMILES string of the molecule is O=C1NC(=O)N(CCCc2ccccc2)C1O. The van der Waals surface area contributed by atoms with Crippen LogP contribution >= 0.6 is 0 Å². The Morgan fingerprint density at radius 2 is 1.94 bits per heavy atom. The van der Waals surface area contributed by atoms with Gasteiger partial charge in [-0.25, -0.2) is 4.79 Å². The lowest BCUT2D eigenvalue weighted by atomic mass is 10.1. The van der Waals surface area contributed by atoms with Gasteiger partial charge in [-0.2, -0.15) is 0 Å². The van der Waals surface area contributed by atoms with E-state index in [1.54, 1.807) is 0 Å². The normalized spacial score (nSPS) is 19.6. The number of hydrogen-bond donors (Lipinski definition) is 2. The van der Waals surface area contributed by atoms with Crippen LogP contribution in [0.1, 0.15) is 12.0 Å². The summed E-state index contributed by atoms with van der Waals surface area (Å²) in [5, 5.41) is 11.5. The number of carbonyl (C=O) groups is 2. The summed E-state index contributed by atoms with van der Waals surface area (Å²) in [6, 6.07) is 9.35. The summed E-state index contributed by atoms with van der Waals surface area (Å²) in [7, 11) is 0. The maximum absolute atomic E-state index is 11.3. The molecule has 5 nitrogen and oxygen atoms in total. The van der Waals surface area contributed by atoms with Gasteiger partial charge >= 0.3 is 6.03 Å². The average Bonchev–Trinajstić information content (AvgIpc) is 2.57. The average molecular weight is 234 g/mol. The van der Waals surface area contributed by atoms with Crippen molar-refractivity contribution in [2.75, 3.05) is 6.54 Å². The fourth-order valence-electron chi connectivity index (χ4n) is 1.82. The van der Waals surface area contributed by atoms with E-state index in [-0.39, 0.29) is 0 Å². The van der Waals surface area contributed by atoms with Crippen LogP contribution in [0.15, 0.2) is 30.3 Å². The van der Waals surface area contributed by atoms with Gasteiger partial charge < -0.3 is 5.11 Å². The molecule has 3 amide bonds. The number of aliphatic hydroxyl groups is 1. The van der Waals surface area contributed by atoms with Crippen LogP contribution in [0.25, 0.3) is 0 Å². The predicted octanol–water partition coefficient (Wildman–Crippen LogP) is 0.489. The third-order valence-corrected chi connectivity index (χ3v) is 2.73. The number of aryl methyl sites for hydroxylation is 1. The van der Waals surface area contributed by atoms with Gasteiger partial charge in [0.2, 0.25) is 6.23 Å². The van der Waals surface area contributed by atoms with Gasteiger partial charge in [-0.1, -0.05) is 30.3 Å². The van der Waals surface area contributed by atoms with Crippen molar-refractivity contribution in [1.29, 1.82) is 0 Å².